The Morgan fingerprint density at radius 2 is 1.67 bits per heavy atom. The van der Waals surface area contributed by atoms with Crippen molar-refractivity contribution in [3.8, 4) is 5.75 Å². The summed E-state index contributed by atoms with van der Waals surface area (Å²) in [4.78, 5) is 0. The van der Waals surface area contributed by atoms with Crippen LogP contribution in [0.2, 0.25) is 10.0 Å². The van der Waals surface area contributed by atoms with E-state index in [-0.39, 0.29) is 0 Å². The SMILES string of the molecule is COc1c(Br)cc(CNc2cc(Cl)c(C)cc2Cl)cc1Br. The Labute approximate surface area is 151 Å². The van der Waals surface area contributed by atoms with E-state index in [1.54, 1.807) is 7.11 Å². The molecule has 0 fully saturated rings. The lowest BCUT2D eigenvalue weighted by molar-refractivity contribution is 0.409. The third-order valence-electron chi connectivity index (χ3n) is 2.99. The van der Waals surface area contributed by atoms with Gasteiger partial charge in [-0.15, -0.1) is 0 Å². The van der Waals surface area contributed by atoms with E-state index in [0.29, 0.717) is 16.6 Å². The number of ether oxygens (including phenoxy) is 1. The van der Waals surface area contributed by atoms with Crippen LogP contribution >= 0.6 is 55.1 Å². The van der Waals surface area contributed by atoms with Crippen LogP contribution in [0, 0.1) is 6.92 Å². The molecule has 0 atom stereocenters. The van der Waals surface area contributed by atoms with Crippen molar-refractivity contribution in [1.82, 2.24) is 0 Å². The first-order chi connectivity index (χ1) is 9.92. The smallest absolute Gasteiger partial charge is 0.147 e. The topological polar surface area (TPSA) is 21.3 Å². The predicted octanol–water partition coefficient (Wildman–Crippen LogP) is 6.45. The third kappa shape index (κ3) is 4.07. The zero-order valence-electron chi connectivity index (χ0n) is 11.4. The Kier molecular flexibility index (Phi) is 5.83. The molecule has 2 aromatic rings. The van der Waals surface area contributed by atoms with Crippen LogP contribution in [0.5, 0.6) is 5.75 Å². The van der Waals surface area contributed by atoms with Gasteiger partial charge in [-0.25, -0.2) is 0 Å². The normalized spacial score (nSPS) is 10.6. The van der Waals surface area contributed by atoms with Gasteiger partial charge in [-0.05, 0) is 74.2 Å². The average Bonchev–Trinajstić information content (AvgIpc) is 2.41. The first kappa shape index (κ1) is 16.9. The molecular formula is C15H13Br2Cl2NO. The van der Waals surface area contributed by atoms with Crippen LogP contribution in [-0.2, 0) is 6.54 Å². The van der Waals surface area contributed by atoms with Gasteiger partial charge in [0.25, 0.3) is 0 Å². The zero-order valence-corrected chi connectivity index (χ0v) is 16.1. The molecule has 112 valence electrons. The van der Waals surface area contributed by atoms with E-state index in [1.807, 2.05) is 31.2 Å². The van der Waals surface area contributed by atoms with Gasteiger partial charge in [-0.2, -0.15) is 0 Å². The molecule has 0 radical (unpaired) electrons. The van der Waals surface area contributed by atoms with Crippen molar-refractivity contribution in [2.75, 3.05) is 12.4 Å². The minimum atomic E-state index is 0.625. The third-order valence-corrected chi connectivity index (χ3v) is 4.89. The number of anilines is 1. The van der Waals surface area contributed by atoms with Crippen LogP contribution in [0.15, 0.2) is 33.2 Å². The fraction of sp³-hybridized carbons (Fsp3) is 0.200. The fourth-order valence-corrected chi connectivity index (χ4v) is 3.94. The monoisotopic (exact) mass is 451 g/mol. The highest BCUT2D eigenvalue weighted by Gasteiger charge is 2.09. The largest absolute Gasteiger partial charge is 0.494 e. The molecule has 0 aliphatic rings. The van der Waals surface area contributed by atoms with Gasteiger partial charge in [0.15, 0.2) is 0 Å². The summed E-state index contributed by atoms with van der Waals surface area (Å²) >= 11 is 19.3. The van der Waals surface area contributed by atoms with Gasteiger partial charge in [0.05, 0.1) is 26.8 Å². The standard InChI is InChI=1S/C15H13Br2Cl2NO/c1-8-3-13(19)14(6-12(8)18)20-7-9-4-10(16)15(21-2)11(17)5-9/h3-6,20H,7H2,1-2H3. The molecule has 0 unspecified atom stereocenters. The number of rotatable bonds is 4. The summed E-state index contributed by atoms with van der Waals surface area (Å²) in [6, 6.07) is 7.69. The first-order valence-electron chi connectivity index (χ1n) is 6.13. The molecule has 0 aliphatic carbocycles. The predicted molar refractivity (Wildman–Crippen MR) is 96.9 cm³/mol. The summed E-state index contributed by atoms with van der Waals surface area (Å²) in [5, 5.41) is 4.64. The van der Waals surface area contributed by atoms with Gasteiger partial charge in [0.1, 0.15) is 5.75 Å². The van der Waals surface area contributed by atoms with Gasteiger partial charge < -0.3 is 10.1 Å². The van der Waals surface area contributed by atoms with Gasteiger partial charge in [0, 0.05) is 11.6 Å². The molecule has 0 bridgehead atoms. The van der Waals surface area contributed by atoms with Gasteiger partial charge in [0.2, 0.25) is 0 Å². The Morgan fingerprint density at radius 3 is 2.24 bits per heavy atom. The number of aryl methyl sites for hydroxylation is 1. The van der Waals surface area contributed by atoms with Crippen molar-refractivity contribution in [3.05, 3.63) is 54.4 Å². The number of nitrogens with one attached hydrogen (secondary N) is 1. The van der Waals surface area contributed by atoms with E-state index < -0.39 is 0 Å². The highest BCUT2D eigenvalue weighted by atomic mass is 79.9. The lowest BCUT2D eigenvalue weighted by Crippen LogP contribution is -2.01. The second kappa shape index (κ2) is 7.23. The maximum absolute atomic E-state index is 6.22. The van der Waals surface area contributed by atoms with E-state index in [2.05, 4.69) is 37.2 Å². The van der Waals surface area contributed by atoms with Crippen molar-refractivity contribution in [1.29, 1.82) is 0 Å². The summed E-state index contributed by atoms with van der Waals surface area (Å²) in [7, 11) is 1.64. The molecule has 2 aromatic carbocycles. The molecule has 1 N–H and O–H groups in total. The van der Waals surface area contributed by atoms with E-state index in [0.717, 1.165) is 31.5 Å². The first-order valence-corrected chi connectivity index (χ1v) is 8.48. The van der Waals surface area contributed by atoms with Crippen LogP contribution in [0.3, 0.4) is 0 Å². The van der Waals surface area contributed by atoms with Crippen LogP contribution < -0.4 is 10.1 Å². The van der Waals surface area contributed by atoms with Crippen molar-refractivity contribution in [2.24, 2.45) is 0 Å². The maximum Gasteiger partial charge on any atom is 0.147 e. The highest BCUT2D eigenvalue weighted by molar-refractivity contribution is 9.11. The van der Waals surface area contributed by atoms with Crippen LogP contribution in [0.25, 0.3) is 0 Å². The molecule has 0 spiro atoms. The van der Waals surface area contributed by atoms with Crippen molar-refractivity contribution >= 4 is 60.7 Å². The van der Waals surface area contributed by atoms with E-state index in [1.165, 1.54) is 0 Å². The van der Waals surface area contributed by atoms with Crippen LogP contribution in [-0.4, -0.2) is 7.11 Å². The molecule has 6 heteroatoms. The zero-order chi connectivity index (χ0) is 15.6. The number of benzene rings is 2. The molecule has 0 aromatic heterocycles. The summed E-state index contributed by atoms with van der Waals surface area (Å²) < 4.78 is 7.07. The van der Waals surface area contributed by atoms with Crippen molar-refractivity contribution in [3.63, 3.8) is 0 Å². The molecular weight excluding hydrogens is 441 g/mol. The molecule has 0 saturated carbocycles. The number of halogens is 4. The minimum Gasteiger partial charge on any atom is -0.494 e. The van der Waals surface area contributed by atoms with Crippen molar-refractivity contribution in [2.45, 2.75) is 13.5 Å². The Hall–Kier alpha value is -0.420. The Bertz CT molecular complexity index is 654. The maximum atomic E-state index is 6.22. The summed E-state index contributed by atoms with van der Waals surface area (Å²) in [5.74, 6) is 0.773. The fourth-order valence-electron chi connectivity index (χ4n) is 1.89. The lowest BCUT2D eigenvalue weighted by Gasteiger charge is -2.13. The molecule has 2 rings (SSSR count). The van der Waals surface area contributed by atoms with Crippen LogP contribution in [0.4, 0.5) is 5.69 Å². The Morgan fingerprint density at radius 1 is 1.05 bits per heavy atom. The van der Waals surface area contributed by atoms with Crippen LogP contribution in [0.1, 0.15) is 11.1 Å². The summed E-state index contributed by atoms with van der Waals surface area (Å²) in [5.41, 5.74) is 2.86. The van der Waals surface area contributed by atoms with Gasteiger partial charge >= 0.3 is 0 Å². The number of hydrogen-bond acceptors (Lipinski definition) is 2. The quantitative estimate of drug-likeness (QED) is 0.574. The second-order valence-electron chi connectivity index (χ2n) is 4.53. The molecule has 0 heterocycles. The molecule has 0 aliphatic heterocycles. The van der Waals surface area contributed by atoms with E-state index in [4.69, 9.17) is 27.9 Å². The second-order valence-corrected chi connectivity index (χ2v) is 7.05. The molecule has 2 nitrogen and oxygen atoms in total. The summed E-state index contributed by atoms with van der Waals surface area (Å²) in [6.07, 6.45) is 0. The minimum absolute atomic E-state index is 0.625. The Balaban J connectivity index is 2.19. The molecule has 0 amide bonds. The highest BCUT2D eigenvalue weighted by Crippen LogP contribution is 2.35. The van der Waals surface area contributed by atoms with Gasteiger partial charge in [-0.1, -0.05) is 23.2 Å². The molecule has 0 saturated heterocycles. The average molecular weight is 454 g/mol. The van der Waals surface area contributed by atoms with E-state index in [9.17, 15) is 0 Å². The van der Waals surface area contributed by atoms with Gasteiger partial charge in [-0.3, -0.25) is 0 Å². The lowest BCUT2D eigenvalue weighted by atomic mass is 10.2. The number of hydrogen-bond donors (Lipinski definition) is 1. The van der Waals surface area contributed by atoms with Crippen molar-refractivity contribution < 1.29 is 4.74 Å². The number of methoxy groups -OCH3 is 1. The molecule has 21 heavy (non-hydrogen) atoms. The van der Waals surface area contributed by atoms with E-state index >= 15 is 0 Å². The summed E-state index contributed by atoms with van der Waals surface area (Å²) in [6.45, 7) is 2.55.